The molecule has 7 heteroatoms. The van der Waals surface area contributed by atoms with Crippen LogP contribution in [0, 0.1) is 0 Å². The van der Waals surface area contributed by atoms with Crippen molar-refractivity contribution < 1.29 is 19.1 Å². The van der Waals surface area contributed by atoms with E-state index in [0.717, 1.165) is 12.8 Å². The second-order valence-electron chi connectivity index (χ2n) is 5.68. The number of rotatable bonds is 4. The zero-order valence-electron chi connectivity index (χ0n) is 12.9. The van der Waals surface area contributed by atoms with Crippen LogP contribution >= 0.6 is 15.9 Å². The first-order chi connectivity index (χ1) is 10.5. The van der Waals surface area contributed by atoms with E-state index in [-0.39, 0.29) is 24.1 Å². The van der Waals surface area contributed by atoms with Gasteiger partial charge in [0, 0.05) is 18.6 Å². The third-order valence-electron chi connectivity index (χ3n) is 4.14. The van der Waals surface area contributed by atoms with Gasteiger partial charge in [0.15, 0.2) is 11.4 Å². The summed E-state index contributed by atoms with van der Waals surface area (Å²) in [6.07, 6.45) is 2.10. The first-order valence-electron chi connectivity index (χ1n) is 7.47. The number of amides is 1. The Kier molecular flexibility index (Phi) is 3.92. The van der Waals surface area contributed by atoms with Crippen LogP contribution in [0.1, 0.15) is 53.6 Å². The van der Waals surface area contributed by atoms with Crippen LogP contribution in [0.15, 0.2) is 4.60 Å². The molecular weight excluding hydrogens is 352 g/mol. The first kappa shape index (κ1) is 15.4. The molecule has 0 aromatic carbocycles. The van der Waals surface area contributed by atoms with Gasteiger partial charge in [0.2, 0.25) is 0 Å². The maximum atomic E-state index is 12.8. The monoisotopic (exact) mass is 370 g/mol. The Bertz CT molecular complexity index is 636. The molecule has 0 spiro atoms. The molecule has 3 rings (SSSR count). The van der Waals surface area contributed by atoms with Crippen LogP contribution < -0.4 is 4.74 Å². The lowest BCUT2D eigenvalue weighted by Crippen LogP contribution is -2.43. The predicted octanol–water partition coefficient (Wildman–Crippen LogP) is 2.62. The lowest BCUT2D eigenvalue weighted by Gasteiger charge is -2.33. The number of methoxy groups -OCH3 is 1. The first-order valence-corrected chi connectivity index (χ1v) is 8.26. The number of fused-ring (bicyclic) bond motifs is 1. The standard InChI is InChI=1S/C15H19BrN2O4/c1-4-22-15(20)10-12(21-3)11-14(19)17(9-5-6-9)7-8(2)18(11)13(10)16/h8-9H,4-7H2,1-3H3. The molecule has 0 bridgehead atoms. The average Bonchev–Trinajstić information content (AvgIpc) is 3.26. The summed E-state index contributed by atoms with van der Waals surface area (Å²) in [5, 5.41) is 0. The minimum atomic E-state index is -0.480. The van der Waals surface area contributed by atoms with Crippen LogP contribution in [-0.4, -0.2) is 47.6 Å². The maximum absolute atomic E-state index is 12.8. The van der Waals surface area contributed by atoms with Gasteiger partial charge in [0.1, 0.15) is 10.2 Å². The van der Waals surface area contributed by atoms with Gasteiger partial charge >= 0.3 is 5.97 Å². The molecule has 1 saturated carbocycles. The van der Waals surface area contributed by atoms with Crippen molar-refractivity contribution in [3.8, 4) is 5.75 Å². The van der Waals surface area contributed by atoms with Crippen LogP contribution in [0.25, 0.3) is 0 Å². The Hall–Kier alpha value is -1.50. The van der Waals surface area contributed by atoms with Crippen LogP contribution in [0.4, 0.5) is 0 Å². The molecule has 1 aromatic rings. The minimum absolute atomic E-state index is 0.0692. The summed E-state index contributed by atoms with van der Waals surface area (Å²) in [5.74, 6) is -0.257. The molecule has 22 heavy (non-hydrogen) atoms. The number of esters is 1. The van der Waals surface area contributed by atoms with E-state index in [2.05, 4.69) is 15.9 Å². The van der Waals surface area contributed by atoms with Gasteiger partial charge in [-0.15, -0.1) is 0 Å². The fourth-order valence-electron chi connectivity index (χ4n) is 3.02. The van der Waals surface area contributed by atoms with Crippen LogP contribution in [-0.2, 0) is 4.74 Å². The van der Waals surface area contributed by atoms with Gasteiger partial charge < -0.3 is 18.9 Å². The van der Waals surface area contributed by atoms with E-state index in [0.29, 0.717) is 28.6 Å². The predicted molar refractivity (Wildman–Crippen MR) is 83.4 cm³/mol. The molecule has 1 aliphatic carbocycles. The van der Waals surface area contributed by atoms with E-state index in [9.17, 15) is 9.59 Å². The van der Waals surface area contributed by atoms with Gasteiger partial charge in [-0.3, -0.25) is 4.79 Å². The smallest absolute Gasteiger partial charge is 0.344 e. The normalized spacial score (nSPS) is 20.8. The molecule has 6 nitrogen and oxygen atoms in total. The zero-order valence-corrected chi connectivity index (χ0v) is 14.5. The lowest BCUT2D eigenvalue weighted by molar-refractivity contribution is 0.0521. The van der Waals surface area contributed by atoms with Gasteiger partial charge in [-0.05, 0) is 42.6 Å². The van der Waals surface area contributed by atoms with Crippen molar-refractivity contribution in [1.29, 1.82) is 0 Å². The zero-order chi connectivity index (χ0) is 16.0. The maximum Gasteiger partial charge on any atom is 0.344 e. The van der Waals surface area contributed by atoms with Crippen LogP contribution in [0.2, 0.25) is 0 Å². The number of halogens is 1. The van der Waals surface area contributed by atoms with Crippen molar-refractivity contribution in [2.45, 2.75) is 38.8 Å². The summed E-state index contributed by atoms with van der Waals surface area (Å²) in [6, 6.07) is 0.396. The van der Waals surface area contributed by atoms with Crippen LogP contribution in [0.3, 0.4) is 0 Å². The topological polar surface area (TPSA) is 60.8 Å². The Morgan fingerprint density at radius 1 is 1.41 bits per heavy atom. The van der Waals surface area contributed by atoms with Crippen molar-refractivity contribution in [1.82, 2.24) is 9.47 Å². The van der Waals surface area contributed by atoms with E-state index in [1.54, 1.807) is 6.92 Å². The minimum Gasteiger partial charge on any atom is -0.493 e. The number of nitrogens with zero attached hydrogens (tertiary/aromatic N) is 2. The summed E-state index contributed by atoms with van der Waals surface area (Å²) < 4.78 is 12.9. The molecule has 0 saturated heterocycles. The van der Waals surface area contributed by atoms with Crippen LogP contribution in [0.5, 0.6) is 5.75 Å². The third-order valence-corrected chi connectivity index (χ3v) is 4.92. The Morgan fingerprint density at radius 3 is 2.64 bits per heavy atom. The van der Waals surface area contributed by atoms with Crippen molar-refractivity contribution in [2.75, 3.05) is 20.3 Å². The highest BCUT2D eigenvalue weighted by molar-refractivity contribution is 9.10. The van der Waals surface area contributed by atoms with Gasteiger partial charge in [0.05, 0.1) is 13.7 Å². The summed E-state index contributed by atoms with van der Waals surface area (Å²) in [7, 11) is 1.47. The molecule has 0 N–H and O–H groups in total. The van der Waals surface area contributed by atoms with Crippen molar-refractivity contribution in [3.63, 3.8) is 0 Å². The average molecular weight is 371 g/mol. The van der Waals surface area contributed by atoms with E-state index in [1.165, 1.54) is 7.11 Å². The largest absolute Gasteiger partial charge is 0.493 e. The number of carbonyl (C=O) groups excluding carboxylic acids is 2. The van der Waals surface area contributed by atoms with E-state index in [4.69, 9.17) is 9.47 Å². The van der Waals surface area contributed by atoms with E-state index in [1.807, 2.05) is 16.4 Å². The fraction of sp³-hybridized carbons (Fsp3) is 0.600. The molecule has 1 unspecified atom stereocenters. The molecular formula is C15H19BrN2O4. The molecule has 0 radical (unpaired) electrons. The molecule has 1 atom stereocenters. The fourth-order valence-corrected chi connectivity index (χ4v) is 3.89. The number of hydrogen-bond donors (Lipinski definition) is 0. The molecule has 2 aliphatic rings. The van der Waals surface area contributed by atoms with Gasteiger partial charge in [-0.2, -0.15) is 0 Å². The highest BCUT2D eigenvalue weighted by Crippen LogP contribution is 2.42. The molecule has 1 fully saturated rings. The number of carbonyl (C=O) groups is 2. The molecule has 120 valence electrons. The molecule has 1 amide bonds. The van der Waals surface area contributed by atoms with E-state index < -0.39 is 5.97 Å². The van der Waals surface area contributed by atoms with E-state index >= 15 is 0 Å². The Morgan fingerprint density at radius 2 is 2.09 bits per heavy atom. The second kappa shape index (κ2) is 5.61. The molecule has 2 heterocycles. The van der Waals surface area contributed by atoms with Gasteiger partial charge in [-0.25, -0.2) is 4.79 Å². The summed E-state index contributed by atoms with van der Waals surface area (Å²) >= 11 is 3.45. The highest BCUT2D eigenvalue weighted by atomic mass is 79.9. The van der Waals surface area contributed by atoms with Crippen molar-refractivity contribution >= 4 is 27.8 Å². The SMILES string of the molecule is CCOC(=O)c1c(OC)c2n(c1Br)C(C)CN(C1CC1)C2=O. The molecule has 1 aromatic heterocycles. The second-order valence-corrected chi connectivity index (χ2v) is 6.43. The lowest BCUT2D eigenvalue weighted by atomic mass is 10.2. The summed E-state index contributed by atoms with van der Waals surface area (Å²) in [6.45, 7) is 4.70. The third kappa shape index (κ3) is 2.22. The Balaban J connectivity index is 2.13. The molecule has 1 aliphatic heterocycles. The van der Waals surface area contributed by atoms with Crippen molar-refractivity contribution in [2.24, 2.45) is 0 Å². The van der Waals surface area contributed by atoms with Gasteiger partial charge in [0.25, 0.3) is 5.91 Å². The summed E-state index contributed by atoms with van der Waals surface area (Å²) in [4.78, 5) is 26.9. The number of aromatic nitrogens is 1. The summed E-state index contributed by atoms with van der Waals surface area (Å²) in [5.41, 5.74) is 0.722. The Labute approximate surface area is 137 Å². The highest BCUT2D eigenvalue weighted by Gasteiger charge is 2.43. The number of hydrogen-bond acceptors (Lipinski definition) is 4. The van der Waals surface area contributed by atoms with Crippen molar-refractivity contribution in [3.05, 3.63) is 15.9 Å². The number of ether oxygens (including phenoxy) is 2. The van der Waals surface area contributed by atoms with Gasteiger partial charge in [-0.1, -0.05) is 0 Å². The quantitative estimate of drug-likeness (QED) is 0.764.